The predicted molar refractivity (Wildman–Crippen MR) is 26.7 cm³/mol. The zero-order chi connectivity index (χ0) is 7.28. The lowest BCUT2D eigenvalue weighted by Gasteiger charge is -1.91. The van der Waals surface area contributed by atoms with Crippen molar-refractivity contribution in [1.82, 2.24) is 5.32 Å². The first kappa shape index (κ1) is 7.61. The number of carboxylic acid groups (broad SMARTS) is 1. The van der Waals surface area contributed by atoms with Crippen molar-refractivity contribution in [2.45, 2.75) is 0 Å². The summed E-state index contributed by atoms with van der Waals surface area (Å²) in [4.78, 5) is 29.2. The lowest BCUT2D eigenvalue weighted by atomic mass is 10.6. The summed E-state index contributed by atoms with van der Waals surface area (Å²) in [6, 6.07) is 0. The highest BCUT2D eigenvalue weighted by Crippen LogP contribution is 1.61. The fourth-order valence-corrected chi connectivity index (χ4v) is 0.210. The summed E-state index contributed by atoms with van der Waals surface area (Å²) in [5, 5.41) is 9.71. The van der Waals surface area contributed by atoms with Gasteiger partial charge in [0, 0.05) is 0 Å². The number of hydrogen-bond acceptors (Lipinski definition) is 3. The van der Waals surface area contributed by atoms with E-state index in [1.54, 1.807) is 0 Å². The molecule has 0 bridgehead atoms. The zero-order valence-electron chi connectivity index (χ0n) is 4.46. The standard InChI is InChI=1S/C4H5NO4/c6-2-1-5-3(7)4(8)9/h2H,1H2,(H,5,7)(H,8,9). The molecule has 0 rings (SSSR count). The molecule has 0 radical (unpaired) electrons. The van der Waals surface area contributed by atoms with E-state index in [-0.39, 0.29) is 6.54 Å². The van der Waals surface area contributed by atoms with Crippen molar-refractivity contribution in [3.8, 4) is 0 Å². The summed E-state index contributed by atoms with van der Waals surface area (Å²) < 4.78 is 0. The normalized spacial score (nSPS) is 8.00. The molecule has 0 spiro atoms. The van der Waals surface area contributed by atoms with Gasteiger partial charge in [-0.25, -0.2) is 4.79 Å². The predicted octanol–water partition coefficient (Wildman–Crippen LogP) is -1.61. The quantitative estimate of drug-likeness (QED) is 0.348. The van der Waals surface area contributed by atoms with Crippen molar-refractivity contribution in [2.75, 3.05) is 6.54 Å². The van der Waals surface area contributed by atoms with Gasteiger partial charge in [-0.2, -0.15) is 0 Å². The molecule has 2 N–H and O–H groups in total. The highest BCUT2D eigenvalue weighted by molar-refractivity contribution is 6.31. The Balaban J connectivity index is 3.51. The number of carbonyl (C=O) groups excluding carboxylic acids is 2. The van der Waals surface area contributed by atoms with Crippen molar-refractivity contribution in [3.05, 3.63) is 0 Å². The minimum atomic E-state index is -1.59. The summed E-state index contributed by atoms with van der Waals surface area (Å²) in [5.41, 5.74) is 0. The molecule has 0 aliphatic heterocycles. The van der Waals surface area contributed by atoms with Gasteiger partial charge in [0.25, 0.3) is 0 Å². The molecule has 0 unspecified atom stereocenters. The number of hydrogen-bond donors (Lipinski definition) is 2. The van der Waals surface area contributed by atoms with Crippen LogP contribution in [0, 0.1) is 0 Å². The second-order valence-corrected chi connectivity index (χ2v) is 1.18. The van der Waals surface area contributed by atoms with E-state index in [1.807, 2.05) is 5.32 Å². The first-order valence-corrected chi connectivity index (χ1v) is 2.13. The van der Waals surface area contributed by atoms with E-state index in [1.165, 1.54) is 0 Å². The van der Waals surface area contributed by atoms with Crippen LogP contribution in [0.1, 0.15) is 0 Å². The number of aliphatic carboxylic acids is 1. The fourth-order valence-electron chi connectivity index (χ4n) is 0.210. The Hall–Kier alpha value is -1.39. The van der Waals surface area contributed by atoms with E-state index < -0.39 is 11.9 Å². The molecule has 0 aromatic heterocycles. The maximum Gasteiger partial charge on any atom is 0.394 e. The third-order valence-electron chi connectivity index (χ3n) is 0.540. The van der Waals surface area contributed by atoms with Gasteiger partial charge in [-0.05, 0) is 0 Å². The number of nitrogens with one attached hydrogen (secondary N) is 1. The molecule has 0 atom stereocenters. The van der Waals surface area contributed by atoms with Crippen molar-refractivity contribution >= 4 is 18.2 Å². The van der Waals surface area contributed by atoms with Crippen LogP contribution in [0.3, 0.4) is 0 Å². The van der Waals surface area contributed by atoms with E-state index in [0.29, 0.717) is 6.29 Å². The average Bonchev–Trinajstić information content (AvgIpc) is 1.82. The summed E-state index contributed by atoms with van der Waals surface area (Å²) in [6.45, 7) is -0.259. The van der Waals surface area contributed by atoms with Crippen LogP contribution >= 0.6 is 0 Å². The van der Waals surface area contributed by atoms with Crippen LogP contribution in [0.5, 0.6) is 0 Å². The first-order chi connectivity index (χ1) is 4.18. The van der Waals surface area contributed by atoms with Gasteiger partial charge in [0.1, 0.15) is 6.29 Å². The minimum absolute atomic E-state index is 0.259. The Labute approximate surface area is 50.7 Å². The zero-order valence-corrected chi connectivity index (χ0v) is 4.46. The Morgan fingerprint density at radius 2 is 2.11 bits per heavy atom. The molecule has 0 heterocycles. The summed E-state index contributed by atoms with van der Waals surface area (Å²) in [7, 11) is 0. The van der Waals surface area contributed by atoms with Gasteiger partial charge in [-0.15, -0.1) is 0 Å². The summed E-state index contributed by atoms with van der Waals surface area (Å²) >= 11 is 0. The molecule has 5 heteroatoms. The largest absolute Gasteiger partial charge is 0.474 e. The number of carboxylic acids is 1. The van der Waals surface area contributed by atoms with Gasteiger partial charge in [-0.3, -0.25) is 4.79 Å². The SMILES string of the molecule is O=CCNC(=O)C(=O)O. The van der Waals surface area contributed by atoms with Crippen molar-refractivity contribution < 1.29 is 19.5 Å². The van der Waals surface area contributed by atoms with Gasteiger partial charge >= 0.3 is 11.9 Å². The number of rotatable bonds is 2. The van der Waals surface area contributed by atoms with E-state index in [2.05, 4.69) is 0 Å². The van der Waals surface area contributed by atoms with E-state index >= 15 is 0 Å². The molecule has 50 valence electrons. The molecule has 0 aliphatic carbocycles. The molecule has 5 nitrogen and oxygen atoms in total. The van der Waals surface area contributed by atoms with Gasteiger partial charge in [0.2, 0.25) is 0 Å². The molecule has 0 saturated carbocycles. The van der Waals surface area contributed by atoms with Crippen LogP contribution < -0.4 is 5.32 Å². The van der Waals surface area contributed by atoms with Crippen LogP contribution in [0.15, 0.2) is 0 Å². The van der Waals surface area contributed by atoms with E-state index in [9.17, 15) is 14.4 Å². The van der Waals surface area contributed by atoms with Gasteiger partial charge in [0.15, 0.2) is 0 Å². The van der Waals surface area contributed by atoms with Gasteiger partial charge in [-0.1, -0.05) is 0 Å². The lowest BCUT2D eigenvalue weighted by Crippen LogP contribution is -2.31. The lowest BCUT2D eigenvalue weighted by molar-refractivity contribution is -0.150. The third kappa shape index (κ3) is 3.22. The molecule has 0 fully saturated rings. The van der Waals surface area contributed by atoms with Crippen molar-refractivity contribution in [1.29, 1.82) is 0 Å². The van der Waals surface area contributed by atoms with Gasteiger partial charge < -0.3 is 15.2 Å². The number of aldehydes is 1. The van der Waals surface area contributed by atoms with Crippen LogP contribution in [0.2, 0.25) is 0 Å². The average molecular weight is 131 g/mol. The highest BCUT2D eigenvalue weighted by atomic mass is 16.4. The van der Waals surface area contributed by atoms with Crippen molar-refractivity contribution in [2.24, 2.45) is 0 Å². The topological polar surface area (TPSA) is 83.5 Å². The molecular weight excluding hydrogens is 126 g/mol. The molecule has 0 aliphatic rings. The van der Waals surface area contributed by atoms with E-state index in [0.717, 1.165) is 0 Å². The second-order valence-electron chi connectivity index (χ2n) is 1.18. The molecule has 0 aromatic rings. The highest BCUT2D eigenvalue weighted by Gasteiger charge is 2.07. The van der Waals surface area contributed by atoms with E-state index in [4.69, 9.17) is 5.11 Å². The Morgan fingerprint density at radius 1 is 1.56 bits per heavy atom. The third-order valence-corrected chi connectivity index (χ3v) is 0.540. The molecule has 9 heavy (non-hydrogen) atoms. The molecule has 1 amide bonds. The van der Waals surface area contributed by atoms with Gasteiger partial charge in [0.05, 0.1) is 6.54 Å². The first-order valence-electron chi connectivity index (χ1n) is 2.13. The van der Waals surface area contributed by atoms with Crippen LogP contribution in [0.25, 0.3) is 0 Å². The number of carbonyl (C=O) groups is 3. The van der Waals surface area contributed by atoms with Crippen molar-refractivity contribution in [3.63, 3.8) is 0 Å². The maximum absolute atomic E-state index is 10.0. The molecule has 0 saturated heterocycles. The maximum atomic E-state index is 10.0. The Kier molecular flexibility index (Phi) is 3.04. The monoisotopic (exact) mass is 131 g/mol. The second kappa shape index (κ2) is 3.59. The molecular formula is C4H5NO4. The summed E-state index contributed by atoms with van der Waals surface area (Å²) in [6.07, 6.45) is 0.404. The smallest absolute Gasteiger partial charge is 0.394 e. The van der Waals surface area contributed by atoms with Crippen LogP contribution in [-0.2, 0) is 14.4 Å². The van der Waals surface area contributed by atoms with Crippen LogP contribution in [-0.4, -0.2) is 29.8 Å². The Morgan fingerprint density at radius 3 is 2.44 bits per heavy atom. The molecule has 0 aromatic carbocycles. The Bertz CT molecular complexity index is 142. The fraction of sp³-hybridized carbons (Fsp3) is 0.250. The summed E-state index contributed by atoms with van der Waals surface area (Å²) in [5.74, 6) is -2.75. The number of amides is 1. The van der Waals surface area contributed by atoms with Crippen LogP contribution in [0.4, 0.5) is 0 Å². The minimum Gasteiger partial charge on any atom is -0.474 e.